The molecule has 0 amide bonds. The van der Waals surface area contributed by atoms with Crippen LogP contribution in [0.2, 0.25) is 0 Å². The average Bonchev–Trinajstić information content (AvgIpc) is 2.42. The molecule has 3 aliphatic rings. The largest absolute Gasteiger partial charge is 0.461 e. The van der Waals surface area contributed by atoms with E-state index in [4.69, 9.17) is 4.74 Å². The molecule has 0 aromatic heterocycles. The molecular formula is C11H16O2. The Hall–Kier alpha value is -0.530. The SMILES string of the molecule is CC1(C)C2CCC3(C)C2OC(=O)C13. The van der Waals surface area contributed by atoms with Crippen molar-refractivity contribution in [1.82, 2.24) is 0 Å². The fourth-order valence-corrected chi connectivity index (χ4v) is 4.34. The van der Waals surface area contributed by atoms with E-state index in [1.54, 1.807) is 0 Å². The number of rotatable bonds is 0. The van der Waals surface area contributed by atoms with Gasteiger partial charge in [-0.25, -0.2) is 0 Å². The van der Waals surface area contributed by atoms with E-state index >= 15 is 0 Å². The summed E-state index contributed by atoms with van der Waals surface area (Å²) < 4.78 is 5.45. The first kappa shape index (κ1) is 7.84. The maximum Gasteiger partial charge on any atom is 0.310 e. The maximum atomic E-state index is 11.6. The lowest BCUT2D eigenvalue weighted by Gasteiger charge is -2.39. The highest BCUT2D eigenvalue weighted by Gasteiger charge is 2.74. The summed E-state index contributed by atoms with van der Waals surface area (Å²) >= 11 is 0. The van der Waals surface area contributed by atoms with Gasteiger partial charge >= 0.3 is 5.97 Å². The third-order valence-corrected chi connectivity index (χ3v) is 4.85. The first-order chi connectivity index (χ1) is 5.98. The molecule has 0 N–H and O–H groups in total. The minimum atomic E-state index is 0.0634. The Morgan fingerprint density at radius 1 is 1.38 bits per heavy atom. The standard InChI is InChI=1S/C11H16O2/c1-10(2)6-4-5-11(3)7(10)9(12)13-8(6)11/h6-8H,4-5H2,1-3H3. The molecule has 2 saturated carbocycles. The van der Waals surface area contributed by atoms with Gasteiger partial charge in [0.1, 0.15) is 6.10 Å². The number of hydrogen-bond donors (Lipinski definition) is 0. The van der Waals surface area contributed by atoms with Crippen LogP contribution in [-0.4, -0.2) is 12.1 Å². The molecule has 2 heteroatoms. The topological polar surface area (TPSA) is 26.3 Å². The van der Waals surface area contributed by atoms with Gasteiger partial charge in [0.2, 0.25) is 0 Å². The van der Waals surface area contributed by atoms with Crippen LogP contribution in [0.3, 0.4) is 0 Å². The van der Waals surface area contributed by atoms with Crippen LogP contribution in [0.25, 0.3) is 0 Å². The Labute approximate surface area is 78.6 Å². The van der Waals surface area contributed by atoms with Crippen LogP contribution in [0.1, 0.15) is 33.6 Å². The maximum absolute atomic E-state index is 11.6. The smallest absolute Gasteiger partial charge is 0.310 e. The monoisotopic (exact) mass is 180 g/mol. The van der Waals surface area contributed by atoms with Crippen molar-refractivity contribution < 1.29 is 9.53 Å². The Morgan fingerprint density at radius 3 is 2.54 bits per heavy atom. The number of esters is 1. The molecule has 4 atom stereocenters. The second-order valence-electron chi connectivity index (χ2n) is 5.76. The quantitative estimate of drug-likeness (QED) is 0.533. The molecule has 4 unspecified atom stereocenters. The lowest BCUT2D eigenvalue weighted by Crippen LogP contribution is -2.40. The van der Waals surface area contributed by atoms with E-state index in [2.05, 4.69) is 20.8 Å². The molecule has 4 bridgehead atoms. The lowest BCUT2D eigenvalue weighted by molar-refractivity contribution is -0.159. The number of carbonyl (C=O) groups is 1. The third-order valence-electron chi connectivity index (χ3n) is 4.85. The number of carbonyl (C=O) groups excluding carboxylic acids is 1. The summed E-state index contributed by atoms with van der Waals surface area (Å²) in [6.45, 7) is 6.71. The van der Waals surface area contributed by atoms with Crippen LogP contribution < -0.4 is 0 Å². The van der Waals surface area contributed by atoms with Crippen molar-refractivity contribution in [2.45, 2.75) is 39.7 Å². The third kappa shape index (κ3) is 0.598. The Balaban J connectivity index is 2.16. The first-order valence-electron chi connectivity index (χ1n) is 5.18. The van der Waals surface area contributed by atoms with E-state index in [-0.39, 0.29) is 28.8 Å². The highest BCUT2D eigenvalue weighted by molar-refractivity contribution is 5.79. The van der Waals surface area contributed by atoms with E-state index in [9.17, 15) is 4.79 Å². The van der Waals surface area contributed by atoms with Crippen LogP contribution in [0, 0.1) is 22.7 Å². The molecule has 3 fully saturated rings. The van der Waals surface area contributed by atoms with Crippen LogP contribution in [0.5, 0.6) is 0 Å². The summed E-state index contributed by atoms with van der Waals surface area (Å²) in [6.07, 6.45) is 2.67. The fraction of sp³-hybridized carbons (Fsp3) is 0.909. The van der Waals surface area contributed by atoms with Crippen LogP contribution in [-0.2, 0) is 9.53 Å². The highest BCUT2D eigenvalue weighted by Crippen LogP contribution is 2.70. The minimum absolute atomic E-state index is 0.0634. The minimum Gasteiger partial charge on any atom is -0.461 e. The van der Waals surface area contributed by atoms with Gasteiger partial charge < -0.3 is 4.74 Å². The molecule has 0 aromatic carbocycles. The second-order valence-corrected chi connectivity index (χ2v) is 5.76. The first-order valence-corrected chi connectivity index (χ1v) is 5.18. The van der Waals surface area contributed by atoms with E-state index in [0.29, 0.717) is 5.92 Å². The summed E-state index contributed by atoms with van der Waals surface area (Å²) in [7, 11) is 0. The lowest BCUT2D eigenvalue weighted by atomic mass is 9.64. The summed E-state index contributed by atoms with van der Waals surface area (Å²) in [5.41, 5.74) is 0.359. The van der Waals surface area contributed by atoms with E-state index in [1.807, 2.05) is 0 Å². The van der Waals surface area contributed by atoms with Gasteiger partial charge in [-0.1, -0.05) is 20.8 Å². The zero-order chi connectivity index (χ0) is 9.43. The van der Waals surface area contributed by atoms with Gasteiger partial charge in [-0.2, -0.15) is 0 Å². The van der Waals surface area contributed by atoms with Crippen molar-refractivity contribution in [3.63, 3.8) is 0 Å². The molecular weight excluding hydrogens is 164 g/mol. The molecule has 0 spiro atoms. The normalized spacial score (nSPS) is 55.6. The number of ether oxygens (including phenoxy) is 1. The van der Waals surface area contributed by atoms with Crippen molar-refractivity contribution in [1.29, 1.82) is 0 Å². The molecule has 1 aliphatic heterocycles. The molecule has 1 heterocycles. The van der Waals surface area contributed by atoms with Crippen LogP contribution >= 0.6 is 0 Å². The van der Waals surface area contributed by atoms with Gasteiger partial charge in [-0.15, -0.1) is 0 Å². The van der Waals surface area contributed by atoms with Crippen LogP contribution in [0.4, 0.5) is 0 Å². The summed E-state index contributed by atoms with van der Waals surface area (Å²) in [6, 6.07) is 0. The van der Waals surface area contributed by atoms with Gasteiger partial charge in [0.25, 0.3) is 0 Å². The van der Waals surface area contributed by atoms with E-state index in [1.165, 1.54) is 12.8 Å². The Morgan fingerprint density at radius 2 is 2.08 bits per heavy atom. The average molecular weight is 180 g/mol. The van der Waals surface area contributed by atoms with E-state index in [0.717, 1.165) is 0 Å². The molecule has 72 valence electrons. The molecule has 2 aliphatic carbocycles. The molecule has 0 aromatic rings. The fourth-order valence-electron chi connectivity index (χ4n) is 4.34. The van der Waals surface area contributed by atoms with Crippen molar-refractivity contribution in [3.8, 4) is 0 Å². The van der Waals surface area contributed by atoms with Crippen molar-refractivity contribution in [3.05, 3.63) is 0 Å². The highest BCUT2D eigenvalue weighted by atomic mass is 16.6. The number of hydrogen-bond acceptors (Lipinski definition) is 2. The molecule has 3 rings (SSSR count). The van der Waals surface area contributed by atoms with Gasteiger partial charge in [0.05, 0.1) is 5.92 Å². The Kier molecular flexibility index (Phi) is 1.08. The van der Waals surface area contributed by atoms with Gasteiger partial charge in [-0.3, -0.25) is 4.79 Å². The summed E-state index contributed by atoms with van der Waals surface area (Å²) in [5, 5.41) is 0. The zero-order valence-electron chi connectivity index (χ0n) is 8.46. The summed E-state index contributed by atoms with van der Waals surface area (Å²) in [4.78, 5) is 11.6. The summed E-state index contributed by atoms with van der Waals surface area (Å²) in [5.74, 6) is 0.859. The van der Waals surface area contributed by atoms with Crippen molar-refractivity contribution in [2.24, 2.45) is 22.7 Å². The predicted octanol–water partition coefficient (Wildman–Crippen LogP) is 1.98. The Bertz CT molecular complexity index is 294. The van der Waals surface area contributed by atoms with Crippen molar-refractivity contribution >= 4 is 5.97 Å². The zero-order valence-corrected chi connectivity index (χ0v) is 8.46. The van der Waals surface area contributed by atoms with Gasteiger partial charge in [-0.05, 0) is 18.3 Å². The van der Waals surface area contributed by atoms with Crippen molar-refractivity contribution in [2.75, 3.05) is 0 Å². The predicted molar refractivity (Wildman–Crippen MR) is 48.0 cm³/mol. The second kappa shape index (κ2) is 1.79. The molecule has 0 radical (unpaired) electrons. The van der Waals surface area contributed by atoms with Gasteiger partial charge in [0.15, 0.2) is 0 Å². The molecule has 1 saturated heterocycles. The van der Waals surface area contributed by atoms with Gasteiger partial charge in [0, 0.05) is 11.3 Å². The van der Waals surface area contributed by atoms with Crippen LogP contribution in [0.15, 0.2) is 0 Å². The van der Waals surface area contributed by atoms with E-state index < -0.39 is 0 Å². The molecule has 2 nitrogen and oxygen atoms in total. The molecule has 13 heavy (non-hydrogen) atoms.